The Hall–Kier alpha value is -3.04. The summed E-state index contributed by atoms with van der Waals surface area (Å²) in [6.45, 7) is 12.2. The fourth-order valence-electron chi connectivity index (χ4n) is 6.35. The molecule has 0 amide bonds. The molecule has 0 saturated heterocycles. The molecule has 0 atom stereocenters. The van der Waals surface area contributed by atoms with E-state index in [1.54, 1.807) is 0 Å². The molecule has 234 valence electrons. The maximum atomic E-state index is 14.9. The van der Waals surface area contributed by atoms with Crippen LogP contribution in [-0.4, -0.2) is 22.3 Å². The van der Waals surface area contributed by atoms with E-state index in [2.05, 4.69) is 30.7 Å². The molecule has 0 spiro atoms. The largest absolute Gasteiger partial charge is 0.440 e. The van der Waals surface area contributed by atoms with Crippen molar-refractivity contribution in [1.29, 1.82) is 0 Å². The van der Waals surface area contributed by atoms with Crippen molar-refractivity contribution >= 4 is 22.2 Å². The summed E-state index contributed by atoms with van der Waals surface area (Å²) in [5.41, 5.74) is -6.48. The summed E-state index contributed by atoms with van der Waals surface area (Å²) in [6, 6.07) is 5.67. The van der Waals surface area contributed by atoms with Crippen molar-refractivity contribution in [2.75, 3.05) is 0 Å². The predicted molar refractivity (Wildman–Crippen MR) is 153 cm³/mol. The van der Waals surface area contributed by atoms with Crippen molar-refractivity contribution in [3.8, 4) is 0 Å². The monoisotopic (exact) mass is 608 g/mol. The van der Waals surface area contributed by atoms with E-state index in [-0.39, 0.29) is 39.4 Å². The number of fused-ring (bicyclic) bond motifs is 2. The molecule has 10 heteroatoms. The molecule has 0 aliphatic heterocycles. The summed E-state index contributed by atoms with van der Waals surface area (Å²) in [6.07, 6.45) is -6.29. The lowest BCUT2D eigenvalue weighted by Gasteiger charge is -2.38. The SMILES string of the molecule is CCC(C)(C)c1nc2cc(C(c3ccc4oc(C5CCC(C(C)(C)CC)CC5)nc4c3)(C(F)(F)F)C(F)(F)F)ccc2o1. The van der Waals surface area contributed by atoms with Crippen LogP contribution >= 0.6 is 0 Å². The molecule has 1 aliphatic carbocycles. The van der Waals surface area contributed by atoms with Gasteiger partial charge in [-0.3, -0.25) is 0 Å². The van der Waals surface area contributed by atoms with Gasteiger partial charge in [-0.2, -0.15) is 26.3 Å². The van der Waals surface area contributed by atoms with E-state index in [1.807, 2.05) is 20.8 Å². The van der Waals surface area contributed by atoms with Gasteiger partial charge in [-0.1, -0.05) is 60.1 Å². The van der Waals surface area contributed by atoms with Gasteiger partial charge in [0.1, 0.15) is 11.0 Å². The van der Waals surface area contributed by atoms with Crippen LogP contribution in [0.1, 0.15) is 109 Å². The van der Waals surface area contributed by atoms with Gasteiger partial charge in [0, 0.05) is 11.3 Å². The lowest BCUT2D eigenvalue weighted by Crippen LogP contribution is -2.54. The Morgan fingerprint density at radius 2 is 1.21 bits per heavy atom. The molecule has 1 aliphatic rings. The van der Waals surface area contributed by atoms with Crippen molar-refractivity contribution in [3.63, 3.8) is 0 Å². The Labute approximate surface area is 247 Å². The molecular weight excluding hydrogens is 570 g/mol. The lowest BCUT2D eigenvalue weighted by atomic mass is 9.67. The molecule has 1 fully saturated rings. The number of alkyl halides is 6. The van der Waals surface area contributed by atoms with Crippen molar-refractivity contribution in [2.24, 2.45) is 11.3 Å². The van der Waals surface area contributed by atoms with E-state index in [4.69, 9.17) is 8.83 Å². The number of aromatic nitrogens is 2. The zero-order valence-electron chi connectivity index (χ0n) is 25.3. The third-order valence-corrected chi connectivity index (χ3v) is 10.1. The number of oxazole rings is 2. The highest BCUT2D eigenvalue weighted by molar-refractivity contribution is 5.77. The van der Waals surface area contributed by atoms with E-state index in [0.29, 0.717) is 18.2 Å². The number of hydrogen-bond donors (Lipinski definition) is 0. The smallest absolute Gasteiger partial charge is 0.411 e. The van der Waals surface area contributed by atoms with Gasteiger partial charge in [0.05, 0.1) is 0 Å². The van der Waals surface area contributed by atoms with E-state index in [9.17, 15) is 26.3 Å². The minimum Gasteiger partial charge on any atom is -0.440 e. The number of benzene rings is 2. The quantitative estimate of drug-likeness (QED) is 0.196. The zero-order valence-corrected chi connectivity index (χ0v) is 25.3. The first-order valence-electron chi connectivity index (χ1n) is 14.9. The molecule has 4 aromatic rings. The first-order valence-corrected chi connectivity index (χ1v) is 14.9. The van der Waals surface area contributed by atoms with Crippen LogP contribution in [0.25, 0.3) is 22.2 Å². The molecular formula is C33H38F6N2O2. The van der Waals surface area contributed by atoms with Gasteiger partial charge in [0.2, 0.25) is 11.3 Å². The van der Waals surface area contributed by atoms with Crippen LogP contribution in [0.3, 0.4) is 0 Å². The Morgan fingerprint density at radius 1 is 0.698 bits per heavy atom. The molecule has 0 N–H and O–H groups in total. The Bertz CT molecular complexity index is 1590. The third-order valence-electron chi connectivity index (χ3n) is 10.1. The minimum atomic E-state index is -5.74. The maximum absolute atomic E-state index is 14.9. The predicted octanol–water partition coefficient (Wildman–Crippen LogP) is 10.8. The molecule has 5 rings (SSSR count). The number of hydrogen-bond acceptors (Lipinski definition) is 4. The van der Waals surface area contributed by atoms with E-state index < -0.39 is 34.3 Å². The summed E-state index contributed by atoms with van der Waals surface area (Å²) in [5, 5.41) is 0. The topological polar surface area (TPSA) is 52.1 Å². The van der Waals surface area contributed by atoms with E-state index in [0.717, 1.165) is 68.5 Å². The van der Waals surface area contributed by atoms with Gasteiger partial charge in [-0.05, 0) is 78.8 Å². The second-order valence-corrected chi connectivity index (χ2v) is 13.3. The van der Waals surface area contributed by atoms with Crippen LogP contribution in [0.15, 0.2) is 45.2 Å². The third kappa shape index (κ3) is 5.22. The average Bonchev–Trinajstić information content (AvgIpc) is 3.56. The Kier molecular flexibility index (Phi) is 7.70. The molecule has 4 nitrogen and oxygen atoms in total. The van der Waals surface area contributed by atoms with Gasteiger partial charge < -0.3 is 8.83 Å². The van der Waals surface area contributed by atoms with Crippen molar-refractivity contribution in [2.45, 2.75) is 109 Å². The second-order valence-electron chi connectivity index (χ2n) is 13.3. The number of nitrogens with zero attached hydrogens (tertiary/aromatic N) is 2. The van der Waals surface area contributed by atoms with Gasteiger partial charge in [-0.15, -0.1) is 0 Å². The summed E-state index contributed by atoms with van der Waals surface area (Å²) in [4.78, 5) is 8.73. The maximum Gasteiger partial charge on any atom is 0.411 e. The van der Waals surface area contributed by atoms with Gasteiger partial charge in [0.25, 0.3) is 0 Å². The second kappa shape index (κ2) is 10.5. The molecule has 43 heavy (non-hydrogen) atoms. The number of halogens is 6. The summed E-state index contributed by atoms with van der Waals surface area (Å²) < 4.78 is 101. The van der Waals surface area contributed by atoms with Crippen LogP contribution in [0.4, 0.5) is 26.3 Å². The first-order chi connectivity index (χ1) is 19.9. The lowest BCUT2D eigenvalue weighted by molar-refractivity contribution is -0.288. The van der Waals surface area contributed by atoms with Gasteiger partial charge >= 0.3 is 12.4 Å². The van der Waals surface area contributed by atoms with E-state index in [1.165, 1.54) is 0 Å². The highest BCUT2D eigenvalue weighted by Gasteiger charge is 2.72. The van der Waals surface area contributed by atoms with E-state index >= 15 is 0 Å². The molecule has 0 unspecified atom stereocenters. The fourth-order valence-corrected chi connectivity index (χ4v) is 6.35. The zero-order chi connectivity index (χ0) is 31.6. The highest BCUT2D eigenvalue weighted by Crippen LogP contribution is 2.57. The minimum absolute atomic E-state index is 0.0316. The Balaban J connectivity index is 1.59. The van der Waals surface area contributed by atoms with Gasteiger partial charge in [-0.25, -0.2) is 9.97 Å². The first kappa shape index (κ1) is 31.4. The van der Waals surface area contributed by atoms with Crippen LogP contribution in [0.2, 0.25) is 0 Å². The van der Waals surface area contributed by atoms with Crippen molar-refractivity contribution < 1.29 is 35.2 Å². The van der Waals surface area contributed by atoms with Crippen LogP contribution < -0.4 is 0 Å². The molecule has 0 bridgehead atoms. The van der Waals surface area contributed by atoms with Crippen LogP contribution in [0, 0.1) is 11.3 Å². The van der Waals surface area contributed by atoms with Crippen molar-refractivity contribution in [1.82, 2.24) is 9.97 Å². The molecule has 1 saturated carbocycles. The van der Waals surface area contributed by atoms with Gasteiger partial charge in [0.15, 0.2) is 17.1 Å². The fraction of sp³-hybridized carbons (Fsp3) is 0.576. The normalized spacial score (nSPS) is 19.4. The molecule has 2 aromatic carbocycles. The average molecular weight is 609 g/mol. The van der Waals surface area contributed by atoms with Crippen molar-refractivity contribution in [3.05, 3.63) is 59.3 Å². The van der Waals surface area contributed by atoms with Crippen LogP contribution in [0.5, 0.6) is 0 Å². The number of rotatable bonds is 7. The standard InChI is InChI=1S/C33H38F6N2O2/c1-7-29(3,4)20-11-9-19(10-12-20)27-40-23-17-21(13-15-25(23)42-27)31(32(34,35)36,33(37,38)39)22-14-16-26-24(18-22)41-28(43-26)30(5,6)8-2/h13-20H,7-12H2,1-6H3. The summed E-state index contributed by atoms with van der Waals surface area (Å²) >= 11 is 0. The highest BCUT2D eigenvalue weighted by atomic mass is 19.4. The summed E-state index contributed by atoms with van der Waals surface area (Å²) in [7, 11) is 0. The van der Waals surface area contributed by atoms with Crippen LogP contribution in [-0.2, 0) is 10.8 Å². The molecule has 2 aromatic heterocycles. The summed E-state index contributed by atoms with van der Waals surface area (Å²) in [5.74, 6) is 1.11. The molecule has 2 heterocycles. The molecule has 0 radical (unpaired) electrons. The Morgan fingerprint density at radius 3 is 1.70 bits per heavy atom.